The van der Waals surface area contributed by atoms with Gasteiger partial charge in [0.2, 0.25) is 11.0 Å². The molecule has 0 aliphatic rings. The van der Waals surface area contributed by atoms with Crippen LogP contribution in [0.4, 0.5) is 10.8 Å². The molecular weight excluding hydrogens is 330 g/mol. The zero-order valence-electron chi connectivity index (χ0n) is 12.4. The van der Waals surface area contributed by atoms with Crippen molar-refractivity contribution in [3.05, 3.63) is 42.5 Å². The maximum absolute atomic E-state index is 12.2. The quantitative estimate of drug-likeness (QED) is 0.592. The van der Waals surface area contributed by atoms with Crippen molar-refractivity contribution in [2.75, 3.05) is 17.2 Å². The molecule has 0 unspecified atom stereocenters. The van der Waals surface area contributed by atoms with Crippen LogP contribution in [0.2, 0.25) is 0 Å². The van der Waals surface area contributed by atoms with Gasteiger partial charge in [-0.15, -0.1) is 16.8 Å². The van der Waals surface area contributed by atoms with Crippen LogP contribution in [-0.4, -0.2) is 27.9 Å². The second-order valence-corrected chi connectivity index (χ2v) is 7.05. The highest BCUT2D eigenvalue weighted by molar-refractivity contribution is 8.02. The highest BCUT2D eigenvalue weighted by Gasteiger charge is 2.17. The normalized spacial score (nSPS) is 11.3. The Morgan fingerprint density at radius 2 is 2.22 bits per heavy atom. The molecule has 0 aliphatic heterocycles. The van der Waals surface area contributed by atoms with Gasteiger partial charge in [-0.05, 0) is 31.2 Å². The minimum Gasteiger partial charge on any atom is -0.357 e. The summed E-state index contributed by atoms with van der Waals surface area (Å²) in [5.41, 5.74) is 1.21. The van der Waals surface area contributed by atoms with E-state index >= 15 is 0 Å². The second kappa shape index (κ2) is 8.31. The molecule has 8 heteroatoms. The second-order valence-electron chi connectivity index (χ2n) is 4.48. The molecule has 2 N–H and O–H groups in total. The number of thioether (sulfide) groups is 1. The third-order valence-electron chi connectivity index (χ3n) is 2.73. The first-order valence-electron chi connectivity index (χ1n) is 6.78. The zero-order valence-corrected chi connectivity index (χ0v) is 14.1. The third-order valence-corrected chi connectivity index (χ3v) is 4.80. The van der Waals surface area contributed by atoms with E-state index in [-0.39, 0.29) is 11.2 Å². The van der Waals surface area contributed by atoms with E-state index in [0.29, 0.717) is 22.9 Å². The lowest BCUT2D eigenvalue weighted by Crippen LogP contribution is -2.22. The highest BCUT2D eigenvalue weighted by atomic mass is 32.2. The largest absolute Gasteiger partial charge is 0.357 e. The molecule has 2 aromatic rings. The summed E-state index contributed by atoms with van der Waals surface area (Å²) in [6, 6.07) is 8.77. The number of carbonyl (C=O) groups excluding carboxylic acids is 1. The Bertz CT molecular complexity index is 720. The number of amides is 1. The minimum atomic E-state index is -0.314. The summed E-state index contributed by atoms with van der Waals surface area (Å²) in [5, 5.41) is 23.0. The van der Waals surface area contributed by atoms with Crippen LogP contribution in [-0.2, 0) is 4.79 Å². The number of hydrogen-bond acceptors (Lipinski definition) is 7. The fourth-order valence-corrected chi connectivity index (χ4v) is 3.47. The highest BCUT2D eigenvalue weighted by Crippen LogP contribution is 2.29. The number of hydrogen-bond donors (Lipinski definition) is 2. The topological polar surface area (TPSA) is 90.7 Å². The fourth-order valence-electron chi connectivity index (χ4n) is 1.57. The number of benzene rings is 1. The fraction of sp³-hybridized carbons (Fsp3) is 0.200. The van der Waals surface area contributed by atoms with Gasteiger partial charge in [-0.25, -0.2) is 0 Å². The van der Waals surface area contributed by atoms with E-state index in [1.54, 1.807) is 30.3 Å². The lowest BCUT2D eigenvalue weighted by Gasteiger charge is -2.10. The van der Waals surface area contributed by atoms with Gasteiger partial charge in [-0.2, -0.15) is 5.26 Å². The number of nitrogens with zero attached hydrogens (tertiary/aromatic N) is 3. The van der Waals surface area contributed by atoms with Crippen molar-refractivity contribution in [2.45, 2.75) is 16.5 Å². The van der Waals surface area contributed by atoms with Crippen LogP contribution >= 0.6 is 23.1 Å². The van der Waals surface area contributed by atoms with E-state index < -0.39 is 0 Å². The average molecular weight is 345 g/mol. The molecule has 1 aromatic carbocycles. The van der Waals surface area contributed by atoms with Crippen molar-refractivity contribution in [3.63, 3.8) is 0 Å². The van der Waals surface area contributed by atoms with Gasteiger partial charge in [-0.1, -0.05) is 29.2 Å². The summed E-state index contributed by atoms with van der Waals surface area (Å²) < 4.78 is 0.721. The lowest BCUT2D eigenvalue weighted by atomic mass is 10.2. The van der Waals surface area contributed by atoms with E-state index in [2.05, 4.69) is 27.4 Å². The van der Waals surface area contributed by atoms with Crippen molar-refractivity contribution in [2.24, 2.45) is 0 Å². The Labute approximate surface area is 142 Å². The molecule has 1 amide bonds. The van der Waals surface area contributed by atoms with Gasteiger partial charge < -0.3 is 10.6 Å². The number of rotatable bonds is 7. The van der Waals surface area contributed by atoms with Gasteiger partial charge in [0.15, 0.2) is 4.34 Å². The first kappa shape index (κ1) is 17.0. The average Bonchev–Trinajstić information content (AvgIpc) is 3.01. The van der Waals surface area contributed by atoms with Crippen LogP contribution in [0.1, 0.15) is 12.5 Å². The van der Waals surface area contributed by atoms with Crippen molar-refractivity contribution in [3.8, 4) is 6.07 Å². The Kier molecular flexibility index (Phi) is 6.14. The molecule has 23 heavy (non-hydrogen) atoms. The monoisotopic (exact) mass is 345 g/mol. The van der Waals surface area contributed by atoms with Gasteiger partial charge in [0.25, 0.3) is 0 Å². The first-order valence-corrected chi connectivity index (χ1v) is 8.48. The predicted molar refractivity (Wildman–Crippen MR) is 93.7 cm³/mol. The van der Waals surface area contributed by atoms with Crippen molar-refractivity contribution in [1.29, 1.82) is 5.26 Å². The maximum atomic E-state index is 12.2. The molecule has 1 heterocycles. The molecule has 0 spiro atoms. The predicted octanol–water partition coefficient (Wildman–Crippen LogP) is 3.13. The maximum Gasteiger partial charge on any atom is 0.237 e. The molecule has 0 bridgehead atoms. The number of carbonyl (C=O) groups is 1. The van der Waals surface area contributed by atoms with Crippen LogP contribution in [0.3, 0.4) is 0 Å². The van der Waals surface area contributed by atoms with Gasteiger partial charge in [0, 0.05) is 12.2 Å². The SMILES string of the molecule is C=CCNc1nnc(S[C@H](C)C(=O)Nc2ccc(C#N)cc2)s1. The van der Waals surface area contributed by atoms with Crippen LogP contribution in [0.15, 0.2) is 41.3 Å². The standard InChI is InChI=1S/C15H15N5OS2/c1-3-8-17-14-19-20-15(23-14)22-10(2)13(21)18-12-6-4-11(9-16)5-7-12/h3-7,10H,1,8H2,2H3,(H,17,19)(H,18,21)/t10-/m1/s1. The van der Waals surface area contributed by atoms with Crippen LogP contribution < -0.4 is 10.6 Å². The summed E-state index contributed by atoms with van der Waals surface area (Å²) >= 11 is 2.74. The molecule has 6 nitrogen and oxygen atoms in total. The van der Waals surface area contributed by atoms with E-state index in [1.807, 2.05) is 13.0 Å². The molecular formula is C15H15N5OS2. The molecule has 0 aliphatic carbocycles. The zero-order chi connectivity index (χ0) is 16.7. The number of nitriles is 1. The van der Waals surface area contributed by atoms with E-state index in [4.69, 9.17) is 5.26 Å². The van der Waals surface area contributed by atoms with Crippen LogP contribution in [0.5, 0.6) is 0 Å². The molecule has 2 rings (SSSR count). The van der Waals surface area contributed by atoms with Crippen molar-refractivity contribution in [1.82, 2.24) is 10.2 Å². The summed E-state index contributed by atoms with van der Waals surface area (Å²) in [6.45, 7) is 6.05. The smallest absolute Gasteiger partial charge is 0.237 e. The van der Waals surface area contributed by atoms with E-state index in [0.717, 1.165) is 4.34 Å². The molecule has 1 atom stereocenters. The number of anilines is 2. The Morgan fingerprint density at radius 3 is 2.87 bits per heavy atom. The number of aromatic nitrogens is 2. The third kappa shape index (κ3) is 5.09. The van der Waals surface area contributed by atoms with Crippen LogP contribution in [0.25, 0.3) is 0 Å². The van der Waals surface area contributed by atoms with Gasteiger partial charge in [0.05, 0.1) is 16.9 Å². The van der Waals surface area contributed by atoms with E-state index in [1.165, 1.54) is 23.1 Å². The van der Waals surface area contributed by atoms with E-state index in [9.17, 15) is 4.79 Å². The minimum absolute atomic E-state index is 0.129. The summed E-state index contributed by atoms with van der Waals surface area (Å²) in [5.74, 6) is -0.129. The molecule has 0 fully saturated rings. The van der Waals surface area contributed by atoms with Gasteiger partial charge in [0.1, 0.15) is 0 Å². The van der Waals surface area contributed by atoms with Gasteiger partial charge >= 0.3 is 0 Å². The number of nitrogens with one attached hydrogen (secondary N) is 2. The molecule has 1 aromatic heterocycles. The Hall–Kier alpha value is -2.37. The Balaban J connectivity index is 1.90. The summed E-state index contributed by atoms with van der Waals surface area (Å²) in [4.78, 5) is 12.2. The van der Waals surface area contributed by atoms with Gasteiger partial charge in [-0.3, -0.25) is 4.79 Å². The molecule has 0 saturated heterocycles. The molecule has 118 valence electrons. The molecule has 0 saturated carbocycles. The van der Waals surface area contributed by atoms with Crippen LogP contribution in [0, 0.1) is 11.3 Å². The first-order chi connectivity index (χ1) is 11.1. The van der Waals surface area contributed by atoms with Crippen molar-refractivity contribution >= 4 is 39.8 Å². The Morgan fingerprint density at radius 1 is 1.48 bits per heavy atom. The lowest BCUT2D eigenvalue weighted by molar-refractivity contribution is -0.115. The molecule has 0 radical (unpaired) electrons. The summed E-state index contributed by atoms with van der Waals surface area (Å²) in [7, 11) is 0. The van der Waals surface area contributed by atoms with Crippen molar-refractivity contribution < 1.29 is 4.79 Å². The summed E-state index contributed by atoms with van der Waals surface area (Å²) in [6.07, 6.45) is 1.74.